The third-order valence-electron chi connectivity index (χ3n) is 7.15. The van der Waals surface area contributed by atoms with Gasteiger partial charge in [-0.15, -0.1) is 0 Å². The monoisotopic (exact) mass is 470 g/mol. The Hall–Kier alpha value is -3.22. The summed E-state index contributed by atoms with van der Waals surface area (Å²) in [6, 6.07) is 20.6. The SMILES string of the molecule is Cc1ccc(CCNc2cccnc2N[C@H](C=O)C(c2ccc(C)cc2)N2CC3(COC3)C2)cc1. The molecule has 2 saturated heterocycles. The second-order valence-electron chi connectivity index (χ2n) is 10.1. The van der Waals surface area contributed by atoms with Crippen molar-refractivity contribution >= 4 is 17.8 Å². The predicted octanol–water partition coefficient (Wildman–Crippen LogP) is 4.41. The molecule has 0 aliphatic carbocycles. The molecule has 5 rings (SSSR count). The van der Waals surface area contributed by atoms with Crippen molar-refractivity contribution in [2.24, 2.45) is 5.41 Å². The van der Waals surface area contributed by atoms with Crippen molar-refractivity contribution in [3.05, 3.63) is 89.1 Å². The van der Waals surface area contributed by atoms with E-state index < -0.39 is 6.04 Å². The van der Waals surface area contributed by atoms with Crippen molar-refractivity contribution in [3.8, 4) is 0 Å². The van der Waals surface area contributed by atoms with E-state index in [0.29, 0.717) is 5.82 Å². The van der Waals surface area contributed by atoms with Crippen LogP contribution in [-0.2, 0) is 16.0 Å². The first-order valence-corrected chi connectivity index (χ1v) is 12.4. The molecular weight excluding hydrogens is 436 g/mol. The summed E-state index contributed by atoms with van der Waals surface area (Å²) in [5, 5.41) is 6.97. The molecule has 2 N–H and O–H groups in total. The van der Waals surface area contributed by atoms with Crippen molar-refractivity contribution in [2.75, 3.05) is 43.5 Å². The summed E-state index contributed by atoms with van der Waals surface area (Å²) in [4.78, 5) is 19.4. The number of hydrogen-bond acceptors (Lipinski definition) is 6. The molecule has 0 bridgehead atoms. The largest absolute Gasteiger partial charge is 0.382 e. The highest BCUT2D eigenvalue weighted by atomic mass is 16.5. The normalized spacial score (nSPS) is 18.2. The number of benzene rings is 2. The molecule has 6 nitrogen and oxygen atoms in total. The summed E-state index contributed by atoms with van der Waals surface area (Å²) >= 11 is 0. The van der Waals surface area contributed by atoms with Gasteiger partial charge in [0.1, 0.15) is 18.1 Å². The van der Waals surface area contributed by atoms with Gasteiger partial charge in [-0.1, -0.05) is 59.7 Å². The molecule has 1 spiro atoms. The number of aryl methyl sites for hydroxylation is 2. The van der Waals surface area contributed by atoms with E-state index in [1.807, 2.05) is 12.1 Å². The fourth-order valence-corrected chi connectivity index (χ4v) is 5.10. The van der Waals surface area contributed by atoms with E-state index in [1.165, 1.54) is 16.7 Å². The van der Waals surface area contributed by atoms with Crippen LogP contribution in [0.3, 0.4) is 0 Å². The average Bonchev–Trinajstić information content (AvgIpc) is 2.82. The van der Waals surface area contributed by atoms with Crippen molar-refractivity contribution in [3.63, 3.8) is 0 Å². The van der Waals surface area contributed by atoms with Crippen LogP contribution in [0.5, 0.6) is 0 Å². The van der Waals surface area contributed by atoms with Gasteiger partial charge in [0, 0.05) is 31.2 Å². The van der Waals surface area contributed by atoms with Crippen LogP contribution >= 0.6 is 0 Å². The van der Waals surface area contributed by atoms with Crippen LogP contribution in [0.15, 0.2) is 66.9 Å². The fraction of sp³-hybridized carbons (Fsp3) is 0.379. The van der Waals surface area contributed by atoms with Crippen molar-refractivity contribution in [1.29, 1.82) is 0 Å². The molecule has 0 amide bonds. The highest BCUT2D eigenvalue weighted by Crippen LogP contribution is 2.43. The van der Waals surface area contributed by atoms with Gasteiger partial charge in [-0.05, 0) is 43.5 Å². The standard InChI is InChI=1S/C29H34N4O2/c1-21-5-9-23(10-6-21)13-15-30-25-4-3-14-31-28(25)32-26(16-34)27(24-11-7-22(2)8-12-24)33-17-29(18-33)19-35-20-29/h3-12,14,16,26-27,30H,13,15,17-20H2,1-2H3,(H,31,32)/t26-,27?/m1/s1. The first-order valence-electron chi connectivity index (χ1n) is 12.4. The Labute approximate surface area is 207 Å². The minimum absolute atomic E-state index is 0.0678. The number of carbonyl (C=O) groups is 1. The highest BCUT2D eigenvalue weighted by Gasteiger charge is 2.52. The summed E-state index contributed by atoms with van der Waals surface area (Å²) in [7, 11) is 0. The molecule has 0 saturated carbocycles. The number of rotatable bonds is 10. The minimum atomic E-state index is -0.427. The zero-order chi connectivity index (χ0) is 24.3. The molecule has 2 aliphatic heterocycles. The molecule has 2 aromatic carbocycles. The molecule has 2 atom stereocenters. The first kappa shape index (κ1) is 23.5. The lowest BCUT2D eigenvalue weighted by atomic mass is 9.75. The number of ether oxygens (including phenoxy) is 1. The number of carbonyl (C=O) groups excluding carboxylic acids is 1. The average molecular weight is 471 g/mol. The van der Waals surface area contributed by atoms with Gasteiger partial charge < -0.3 is 20.2 Å². The predicted molar refractivity (Wildman–Crippen MR) is 140 cm³/mol. The van der Waals surface area contributed by atoms with E-state index in [0.717, 1.165) is 56.8 Å². The van der Waals surface area contributed by atoms with E-state index in [9.17, 15) is 4.79 Å². The van der Waals surface area contributed by atoms with Crippen LogP contribution < -0.4 is 10.6 Å². The number of nitrogens with one attached hydrogen (secondary N) is 2. The zero-order valence-corrected chi connectivity index (χ0v) is 20.5. The zero-order valence-electron chi connectivity index (χ0n) is 20.5. The van der Waals surface area contributed by atoms with Crippen LogP contribution in [0, 0.1) is 19.3 Å². The summed E-state index contributed by atoms with van der Waals surface area (Å²) < 4.78 is 5.47. The Bertz CT molecular complexity index is 1130. The van der Waals surface area contributed by atoms with Crippen LogP contribution in [0.2, 0.25) is 0 Å². The van der Waals surface area contributed by atoms with Gasteiger partial charge in [-0.3, -0.25) is 4.90 Å². The van der Waals surface area contributed by atoms with Gasteiger partial charge in [0.05, 0.1) is 24.9 Å². The smallest absolute Gasteiger partial charge is 0.149 e. The Morgan fingerprint density at radius 2 is 1.71 bits per heavy atom. The number of likely N-dealkylation sites (tertiary alicyclic amines) is 1. The Morgan fingerprint density at radius 1 is 1.03 bits per heavy atom. The maximum absolute atomic E-state index is 12.5. The molecule has 1 aromatic heterocycles. The molecule has 2 aliphatic rings. The van der Waals surface area contributed by atoms with Gasteiger partial charge in [0.25, 0.3) is 0 Å². The molecule has 182 valence electrons. The van der Waals surface area contributed by atoms with E-state index in [-0.39, 0.29) is 11.5 Å². The third-order valence-corrected chi connectivity index (χ3v) is 7.15. The lowest BCUT2D eigenvalue weighted by Crippen LogP contribution is -2.67. The molecule has 1 unspecified atom stereocenters. The summed E-state index contributed by atoms with van der Waals surface area (Å²) in [6.07, 6.45) is 3.70. The Kier molecular flexibility index (Phi) is 6.84. The topological polar surface area (TPSA) is 66.5 Å². The number of anilines is 2. The van der Waals surface area contributed by atoms with Crippen molar-refractivity contribution < 1.29 is 9.53 Å². The summed E-state index contributed by atoms with van der Waals surface area (Å²) in [6.45, 7) is 8.50. The van der Waals surface area contributed by atoms with Crippen LogP contribution in [0.4, 0.5) is 11.5 Å². The number of hydrogen-bond donors (Lipinski definition) is 2. The quantitative estimate of drug-likeness (QED) is 0.428. The molecule has 6 heteroatoms. The number of aromatic nitrogens is 1. The van der Waals surface area contributed by atoms with E-state index >= 15 is 0 Å². The van der Waals surface area contributed by atoms with Crippen LogP contribution in [-0.4, -0.2) is 55.1 Å². The van der Waals surface area contributed by atoms with Crippen molar-refractivity contribution in [1.82, 2.24) is 9.88 Å². The number of pyridine rings is 1. The molecule has 3 heterocycles. The summed E-state index contributed by atoms with van der Waals surface area (Å²) in [5.74, 6) is 0.702. The van der Waals surface area contributed by atoms with E-state index in [4.69, 9.17) is 4.74 Å². The Morgan fingerprint density at radius 3 is 2.34 bits per heavy atom. The van der Waals surface area contributed by atoms with E-state index in [2.05, 4.69) is 82.9 Å². The fourth-order valence-electron chi connectivity index (χ4n) is 5.10. The summed E-state index contributed by atoms with van der Waals surface area (Å²) in [5.41, 5.74) is 6.08. The minimum Gasteiger partial charge on any atom is -0.382 e. The maximum Gasteiger partial charge on any atom is 0.149 e. The molecule has 2 fully saturated rings. The molecule has 35 heavy (non-hydrogen) atoms. The van der Waals surface area contributed by atoms with Crippen LogP contribution in [0.25, 0.3) is 0 Å². The second-order valence-corrected chi connectivity index (χ2v) is 10.1. The molecule has 3 aromatic rings. The second kappa shape index (κ2) is 10.2. The van der Waals surface area contributed by atoms with Gasteiger partial charge in [-0.2, -0.15) is 0 Å². The van der Waals surface area contributed by atoms with E-state index in [1.54, 1.807) is 6.20 Å². The number of aldehydes is 1. The lowest BCUT2D eigenvalue weighted by molar-refractivity contribution is -0.200. The van der Waals surface area contributed by atoms with Gasteiger partial charge in [0.2, 0.25) is 0 Å². The number of nitrogens with zero attached hydrogens (tertiary/aromatic N) is 2. The Balaban J connectivity index is 1.31. The third kappa shape index (κ3) is 5.24. The molecular formula is C29H34N4O2. The van der Waals surface area contributed by atoms with Gasteiger partial charge >= 0.3 is 0 Å². The molecule has 0 radical (unpaired) electrons. The van der Waals surface area contributed by atoms with Gasteiger partial charge in [-0.25, -0.2) is 4.98 Å². The lowest BCUT2D eigenvalue weighted by Gasteiger charge is -2.58. The first-order chi connectivity index (χ1) is 17.0. The van der Waals surface area contributed by atoms with Crippen LogP contribution in [0.1, 0.15) is 28.3 Å². The highest BCUT2D eigenvalue weighted by molar-refractivity contribution is 5.71. The van der Waals surface area contributed by atoms with Crippen molar-refractivity contribution in [2.45, 2.75) is 32.4 Å². The maximum atomic E-state index is 12.5. The van der Waals surface area contributed by atoms with Gasteiger partial charge in [0.15, 0.2) is 0 Å².